The number of aryl methyl sites for hydroxylation is 1. The number of nitrogen functional groups attached to an aromatic ring is 1. The van der Waals surface area contributed by atoms with Crippen LogP contribution in [-0.2, 0) is 0 Å². The fourth-order valence-corrected chi connectivity index (χ4v) is 5.40. The number of hydrogen-bond acceptors (Lipinski definition) is 5. The summed E-state index contributed by atoms with van der Waals surface area (Å²) in [5.41, 5.74) is 7.94. The molecule has 0 saturated heterocycles. The van der Waals surface area contributed by atoms with Crippen molar-refractivity contribution in [1.29, 1.82) is 0 Å². The molecule has 1 aromatic carbocycles. The van der Waals surface area contributed by atoms with Gasteiger partial charge in [-0.3, -0.25) is 9.20 Å². The van der Waals surface area contributed by atoms with Gasteiger partial charge in [-0.2, -0.15) is 0 Å². The second kappa shape index (κ2) is 11.0. The van der Waals surface area contributed by atoms with Crippen LogP contribution in [0.25, 0.3) is 5.52 Å². The monoisotopic (exact) mass is 515 g/mol. The van der Waals surface area contributed by atoms with Gasteiger partial charge >= 0.3 is 0 Å². The Morgan fingerprint density at radius 2 is 2.03 bits per heavy atom. The second-order valence-electron chi connectivity index (χ2n) is 9.99. The number of aromatic nitrogens is 3. The molecule has 1 amide bonds. The number of anilines is 1. The Bertz CT molecular complexity index is 1250. The fourth-order valence-electron chi connectivity index (χ4n) is 5.18. The van der Waals surface area contributed by atoms with Crippen LogP contribution >= 0.6 is 11.6 Å². The molecule has 3 aromatic rings. The number of nitrogens with zero attached hydrogens (tertiary/aromatic N) is 3. The number of hydrogen-bond donors (Lipinski definition) is 2. The highest BCUT2D eigenvalue weighted by molar-refractivity contribution is 6.31. The lowest BCUT2D eigenvalue weighted by molar-refractivity contribution is 0.0939. The first-order valence-corrected chi connectivity index (χ1v) is 13.1. The molecule has 9 heteroatoms. The Kier molecular flexibility index (Phi) is 8.03. The number of nitrogens with one attached hydrogen (secondary N) is 1. The van der Waals surface area contributed by atoms with Crippen LogP contribution in [0.2, 0.25) is 5.02 Å². The van der Waals surface area contributed by atoms with Gasteiger partial charge in [0.25, 0.3) is 5.91 Å². The summed E-state index contributed by atoms with van der Waals surface area (Å²) in [6.45, 7) is 7.95. The zero-order chi connectivity index (χ0) is 26.0. The minimum Gasteiger partial charge on any atom is -0.490 e. The van der Waals surface area contributed by atoms with Gasteiger partial charge in [-0.05, 0) is 39.2 Å². The molecule has 0 bridgehead atoms. The van der Waals surface area contributed by atoms with Crippen LogP contribution in [0.4, 0.5) is 10.2 Å². The highest BCUT2D eigenvalue weighted by Gasteiger charge is 2.30. The van der Waals surface area contributed by atoms with Gasteiger partial charge in [-0.25, -0.2) is 14.4 Å². The molecule has 1 atom stereocenters. The molecule has 3 N–H and O–H groups in total. The molecule has 2 aromatic heterocycles. The molecule has 1 aliphatic carbocycles. The lowest BCUT2D eigenvalue weighted by atomic mass is 9.87. The van der Waals surface area contributed by atoms with Gasteiger partial charge in [0.15, 0.2) is 5.82 Å². The Morgan fingerprint density at radius 3 is 2.72 bits per heavy atom. The summed E-state index contributed by atoms with van der Waals surface area (Å²) in [7, 11) is 0. The highest BCUT2D eigenvalue weighted by atomic mass is 35.5. The van der Waals surface area contributed by atoms with Crippen LogP contribution in [0.5, 0.6) is 5.75 Å². The van der Waals surface area contributed by atoms with Gasteiger partial charge in [0.2, 0.25) is 0 Å². The number of carbonyl (C=O) groups is 1. The SMILES string of the molecule is Cc1nc(C(C)c2cc(Cl)c(F)c(C(=O)NCCC3CCCCC3)c2OC(C)C)n2ccnc(N)c12. The van der Waals surface area contributed by atoms with E-state index in [4.69, 9.17) is 27.1 Å². The van der Waals surface area contributed by atoms with E-state index in [-0.39, 0.29) is 28.4 Å². The normalized spacial score (nSPS) is 15.4. The Balaban J connectivity index is 1.72. The van der Waals surface area contributed by atoms with Crippen LogP contribution in [-0.4, -0.2) is 32.9 Å². The van der Waals surface area contributed by atoms with Crippen molar-refractivity contribution >= 4 is 28.8 Å². The van der Waals surface area contributed by atoms with E-state index in [0.717, 1.165) is 12.1 Å². The maximum absolute atomic E-state index is 15.4. The fraction of sp³-hybridized carbons (Fsp3) is 0.519. The summed E-state index contributed by atoms with van der Waals surface area (Å²) < 4.78 is 23.3. The van der Waals surface area contributed by atoms with E-state index in [1.54, 1.807) is 12.4 Å². The highest BCUT2D eigenvalue weighted by Crippen LogP contribution is 2.40. The smallest absolute Gasteiger partial charge is 0.258 e. The van der Waals surface area contributed by atoms with Crippen LogP contribution < -0.4 is 15.8 Å². The topological polar surface area (TPSA) is 94.5 Å². The third-order valence-electron chi connectivity index (χ3n) is 6.98. The predicted molar refractivity (Wildman–Crippen MR) is 140 cm³/mol. The van der Waals surface area contributed by atoms with Gasteiger partial charge < -0.3 is 15.8 Å². The van der Waals surface area contributed by atoms with Crippen molar-refractivity contribution < 1.29 is 13.9 Å². The lowest BCUT2D eigenvalue weighted by Crippen LogP contribution is -2.29. The Morgan fingerprint density at radius 1 is 1.31 bits per heavy atom. The molecule has 0 aliphatic heterocycles. The van der Waals surface area contributed by atoms with Gasteiger partial charge in [0.1, 0.15) is 28.5 Å². The van der Waals surface area contributed by atoms with Crippen molar-refractivity contribution in [3.63, 3.8) is 0 Å². The molecule has 1 unspecified atom stereocenters. The Labute approximate surface area is 216 Å². The summed E-state index contributed by atoms with van der Waals surface area (Å²) in [5, 5.41) is 2.78. The minimum absolute atomic E-state index is 0.135. The summed E-state index contributed by atoms with van der Waals surface area (Å²) in [6.07, 6.45) is 10.1. The molecule has 0 spiro atoms. The molecule has 4 rings (SSSR count). The molecular weight excluding hydrogens is 481 g/mol. The number of ether oxygens (including phenoxy) is 1. The molecule has 1 saturated carbocycles. The van der Waals surface area contributed by atoms with Crippen molar-refractivity contribution in [2.75, 3.05) is 12.3 Å². The first-order chi connectivity index (χ1) is 17.2. The largest absolute Gasteiger partial charge is 0.490 e. The zero-order valence-electron chi connectivity index (χ0n) is 21.4. The van der Waals surface area contributed by atoms with E-state index >= 15 is 4.39 Å². The number of rotatable bonds is 8. The standard InChI is InChI=1S/C27H35ClFN5O2/c1-15(2)36-24-19(16(3)26-33-17(4)23-25(30)31-12-13-34(23)26)14-20(28)22(29)21(24)27(35)32-11-10-18-8-6-5-7-9-18/h12-16,18H,5-11H2,1-4H3,(H2,30,31)(H,32,35). The average molecular weight is 516 g/mol. The first-order valence-electron chi connectivity index (χ1n) is 12.7. The maximum Gasteiger partial charge on any atom is 0.258 e. The van der Waals surface area contributed by atoms with Crippen molar-refractivity contribution in [3.05, 3.63) is 51.9 Å². The average Bonchev–Trinajstić information content (AvgIpc) is 3.19. The van der Waals surface area contributed by atoms with Crippen LogP contribution in [0.3, 0.4) is 0 Å². The summed E-state index contributed by atoms with van der Waals surface area (Å²) >= 11 is 6.34. The van der Waals surface area contributed by atoms with Gasteiger partial charge in [-0.15, -0.1) is 0 Å². The third-order valence-corrected chi connectivity index (χ3v) is 7.26. The quantitative estimate of drug-likeness (QED) is 0.380. The summed E-state index contributed by atoms with van der Waals surface area (Å²) in [5.74, 6) is 0.138. The number of halogens is 2. The lowest BCUT2D eigenvalue weighted by Gasteiger charge is -2.23. The maximum atomic E-state index is 15.4. The number of carbonyl (C=O) groups excluding carboxylic acids is 1. The Hall–Kier alpha value is -2.87. The van der Waals surface area contributed by atoms with E-state index in [0.29, 0.717) is 35.2 Å². The van der Waals surface area contributed by atoms with Crippen LogP contribution in [0.1, 0.15) is 92.7 Å². The summed E-state index contributed by atoms with van der Waals surface area (Å²) in [4.78, 5) is 22.2. The van der Waals surface area contributed by atoms with Gasteiger partial charge in [-0.1, -0.05) is 50.6 Å². The zero-order valence-corrected chi connectivity index (χ0v) is 22.2. The van der Waals surface area contributed by atoms with Crippen molar-refractivity contribution in [3.8, 4) is 5.75 Å². The molecule has 1 aliphatic rings. The number of benzene rings is 1. The molecular formula is C27H35ClFN5O2. The van der Waals surface area contributed by atoms with Gasteiger partial charge in [0.05, 0.1) is 16.8 Å². The molecule has 0 radical (unpaired) electrons. The first kappa shape index (κ1) is 26.2. The van der Waals surface area contributed by atoms with Crippen molar-refractivity contribution in [1.82, 2.24) is 19.7 Å². The van der Waals surface area contributed by atoms with E-state index in [9.17, 15) is 4.79 Å². The van der Waals surface area contributed by atoms with E-state index < -0.39 is 11.7 Å². The third kappa shape index (κ3) is 5.28. The molecule has 194 valence electrons. The number of fused-ring (bicyclic) bond motifs is 1. The molecule has 36 heavy (non-hydrogen) atoms. The van der Waals surface area contributed by atoms with E-state index in [2.05, 4.69) is 10.3 Å². The van der Waals surface area contributed by atoms with Crippen molar-refractivity contribution in [2.24, 2.45) is 5.92 Å². The second-order valence-corrected chi connectivity index (χ2v) is 10.4. The van der Waals surface area contributed by atoms with E-state index in [1.807, 2.05) is 32.1 Å². The van der Waals surface area contributed by atoms with Gasteiger partial charge in [0, 0.05) is 30.4 Å². The number of nitrogens with two attached hydrogens (primary N) is 1. The number of amides is 1. The minimum atomic E-state index is -0.781. The van der Waals surface area contributed by atoms with Crippen LogP contribution in [0.15, 0.2) is 18.5 Å². The summed E-state index contributed by atoms with van der Waals surface area (Å²) in [6, 6.07) is 1.53. The van der Waals surface area contributed by atoms with E-state index in [1.165, 1.54) is 38.2 Å². The van der Waals surface area contributed by atoms with Crippen LogP contribution in [0, 0.1) is 18.7 Å². The van der Waals surface area contributed by atoms with Crippen molar-refractivity contribution in [2.45, 2.75) is 78.2 Å². The number of imidazole rings is 1. The molecule has 2 heterocycles. The predicted octanol–water partition coefficient (Wildman–Crippen LogP) is 6.05. The molecule has 1 fully saturated rings. The molecule has 7 nitrogen and oxygen atoms in total.